The normalized spacial score (nSPS) is 34.4. The SMILES string of the molecule is CC(=O)NC1C(OC(CO)C(O)C(O)CO)OC(CO)C(O)C1O. The van der Waals surface area contributed by atoms with Gasteiger partial charge in [0.15, 0.2) is 6.29 Å². The smallest absolute Gasteiger partial charge is 0.217 e. The Hall–Kier alpha value is -0.890. The van der Waals surface area contributed by atoms with Gasteiger partial charge >= 0.3 is 0 Å². The van der Waals surface area contributed by atoms with Crippen molar-refractivity contribution in [1.82, 2.24) is 5.32 Å². The number of aliphatic hydroxyl groups is 7. The highest BCUT2D eigenvalue weighted by atomic mass is 16.7. The summed E-state index contributed by atoms with van der Waals surface area (Å²) in [6, 6.07) is -1.26. The Morgan fingerprint density at radius 2 is 1.79 bits per heavy atom. The van der Waals surface area contributed by atoms with E-state index in [-0.39, 0.29) is 0 Å². The van der Waals surface area contributed by atoms with E-state index in [1.165, 1.54) is 0 Å². The summed E-state index contributed by atoms with van der Waals surface area (Å²) in [5, 5.41) is 68.8. The zero-order valence-electron chi connectivity index (χ0n) is 13.1. The van der Waals surface area contributed by atoms with Gasteiger partial charge in [0.25, 0.3) is 0 Å². The molecule has 1 aliphatic rings. The van der Waals surface area contributed by atoms with Crippen LogP contribution in [0.3, 0.4) is 0 Å². The van der Waals surface area contributed by atoms with Crippen molar-refractivity contribution in [3.05, 3.63) is 0 Å². The maximum atomic E-state index is 11.3. The molecule has 142 valence electrons. The number of aliphatic hydroxyl groups excluding tert-OH is 7. The van der Waals surface area contributed by atoms with Gasteiger partial charge in [0, 0.05) is 6.92 Å². The molecule has 8 N–H and O–H groups in total. The molecule has 0 radical (unpaired) electrons. The largest absolute Gasteiger partial charge is 0.394 e. The second-order valence-electron chi connectivity index (χ2n) is 5.53. The van der Waals surface area contributed by atoms with E-state index in [0.29, 0.717) is 0 Å². The van der Waals surface area contributed by atoms with Crippen molar-refractivity contribution in [2.24, 2.45) is 0 Å². The van der Waals surface area contributed by atoms with Crippen molar-refractivity contribution in [3.63, 3.8) is 0 Å². The van der Waals surface area contributed by atoms with Crippen LogP contribution in [0.15, 0.2) is 0 Å². The quantitative estimate of drug-likeness (QED) is 0.209. The topological polar surface area (TPSA) is 189 Å². The van der Waals surface area contributed by atoms with Crippen LogP contribution in [0, 0.1) is 0 Å². The molecule has 0 spiro atoms. The third kappa shape index (κ3) is 5.05. The van der Waals surface area contributed by atoms with Gasteiger partial charge in [0.2, 0.25) is 5.91 Å². The average molecular weight is 355 g/mol. The van der Waals surface area contributed by atoms with Gasteiger partial charge in [-0.05, 0) is 0 Å². The minimum Gasteiger partial charge on any atom is -0.394 e. The fraction of sp³-hybridized carbons (Fsp3) is 0.923. The molecule has 0 aliphatic carbocycles. The van der Waals surface area contributed by atoms with Crippen molar-refractivity contribution in [1.29, 1.82) is 0 Å². The Labute approximate surface area is 138 Å². The monoisotopic (exact) mass is 355 g/mol. The molecule has 1 fully saturated rings. The molecule has 0 saturated carbocycles. The number of ether oxygens (including phenoxy) is 2. The molecule has 0 aromatic rings. The zero-order chi connectivity index (χ0) is 18.4. The second-order valence-corrected chi connectivity index (χ2v) is 5.53. The highest BCUT2D eigenvalue weighted by Crippen LogP contribution is 2.24. The van der Waals surface area contributed by atoms with Gasteiger partial charge in [-0.1, -0.05) is 0 Å². The van der Waals surface area contributed by atoms with Crippen molar-refractivity contribution >= 4 is 5.91 Å². The van der Waals surface area contributed by atoms with Gasteiger partial charge in [-0.25, -0.2) is 0 Å². The van der Waals surface area contributed by atoms with Crippen LogP contribution in [0.2, 0.25) is 0 Å². The van der Waals surface area contributed by atoms with Crippen molar-refractivity contribution < 1.29 is 50.0 Å². The molecule has 11 heteroatoms. The van der Waals surface area contributed by atoms with Crippen LogP contribution in [-0.4, -0.2) is 110 Å². The molecule has 11 nitrogen and oxygen atoms in total. The first-order valence-corrected chi connectivity index (χ1v) is 7.39. The summed E-state index contributed by atoms with van der Waals surface area (Å²) in [7, 11) is 0. The van der Waals surface area contributed by atoms with Crippen LogP contribution in [0.4, 0.5) is 0 Å². The number of rotatable bonds is 8. The molecule has 1 heterocycles. The minimum absolute atomic E-state index is 0.567. The van der Waals surface area contributed by atoms with Gasteiger partial charge in [0.1, 0.15) is 42.7 Å². The fourth-order valence-corrected chi connectivity index (χ4v) is 2.35. The summed E-state index contributed by atoms with van der Waals surface area (Å²) in [6.07, 6.45) is -10.4. The first kappa shape index (κ1) is 21.2. The minimum atomic E-state index is -1.68. The van der Waals surface area contributed by atoms with Gasteiger partial charge in [-0.15, -0.1) is 0 Å². The summed E-state index contributed by atoms with van der Waals surface area (Å²) in [5.74, 6) is -0.567. The maximum Gasteiger partial charge on any atom is 0.217 e. The molecule has 1 saturated heterocycles. The average Bonchev–Trinajstić information content (AvgIpc) is 2.56. The van der Waals surface area contributed by atoms with E-state index in [9.17, 15) is 35.4 Å². The van der Waals surface area contributed by atoms with Gasteiger partial charge in [0.05, 0.1) is 19.8 Å². The Balaban J connectivity index is 2.94. The summed E-state index contributed by atoms with van der Waals surface area (Å²) in [4.78, 5) is 11.3. The second kappa shape index (κ2) is 9.56. The number of amides is 1. The molecular weight excluding hydrogens is 330 g/mol. The summed E-state index contributed by atoms with van der Waals surface area (Å²) in [6.45, 7) is -1.06. The van der Waals surface area contributed by atoms with Crippen LogP contribution < -0.4 is 5.32 Å². The van der Waals surface area contributed by atoms with E-state index >= 15 is 0 Å². The van der Waals surface area contributed by atoms with E-state index in [4.69, 9.17) is 14.6 Å². The predicted molar refractivity (Wildman–Crippen MR) is 76.4 cm³/mol. The van der Waals surface area contributed by atoms with Crippen molar-refractivity contribution in [3.8, 4) is 0 Å². The molecule has 1 aliphatic heterocycles. The van der Waals surface area contributed by atoms with E-state index < -0.39 is 74.7 Å². The predicted octanol–water partition coefficient (Wildman–Crippen LogP) is -4.98. The van der Waals surface area contributed by atoms with Gasteiger partial charge in [-0.2, -0.15) is 0 Å². The highest BCUT2D eigenvalue weighted by Gasteiger charge is 2.46. The van der Waals surface area contributed by atoms with Crippen LogP contribution in [-0.2, 0) is 14.3 Å². The Morgan fingerprint density at radius 1 is 1.17 bits per heavy atom. The van der Waals surface area contributed by atoms with Crippen LogP contribution >= 0.6 is 0 Å². The zero-order valence-corrected chi connectivity index (χ0v) is 13.1. The number of hydrogen-bond donors (Lipinski definition) is 8. The Morgan fingerprint density at radius 3 is 2.25 bits per heavy atom. The molecule has 0 aromatic carbocycles. The van der Waals surface area contributed by atoms with Crippen LogP contribution in [0.25, 0.3) is 0 Å². The summed E-state index contributed by atoms with van der Waals surface area (Å²) >= 11 is 0. The van der Waals surface area contributed by atoms with E-state index in [2.05, 4.69) is 5.32 Å². The third-order valence-corrected chi connectivity index (χ3v) is 3.70. The maximum absolute atomic E-state index is 11.3. The van der Waals surface area contributed by atoms with Crippen molar-refractivity contribution in [2.45, 2.75) is 55.9 Å². The number of carbonyl (C=O) groups excluding carboxylic acids is 1. The molecule has 0 aromatic heterocycles. The number of hydrogen-bond acceptors (Lipinski definition) is 10. The third-order valence-electron chi connectivity index (χ3n) is 3.70. The van der Waals surface area contributed by atoms with E-state index in [1.807, 2.05) is 0 Å². The Bertz CT molecular complexity index is 397. The van der Waals surface area contributed by atoms with Crippen LogP contribution in [0.5, 0.6) is 0 Å². The lowest BCUT2D eigenvalue weighted by molar-refractivity contribution is -0.295. The van der Waals surface area contributed by atoms with Gasteiger partial charge in [-0.3, -0.25) is 4.79 Å². The molecule has 1 rings (SSSR count). The summed E-state index contributed by atoms with van der Waals surface area (Å²) in [5.41, 5.74) is 0. The van der Waals surface area contributed by atoms with E-state index in [0.717, 1.165) is 6.92 Å². The molecular formula is C13H25NO10. The van der Waals surface area contributed by atoms with Crippen molar-refractivity contribution in [2.75, 3.05) is 19.8 Å². The molecule has 1 amide bonds. The summed E-state index contributed by atoms with van der Waals surface area (Å²) < 4.78 is 10.6. The lowest BCUT2D eigenvalue weighted by Crippen LogP contribution is -2.65. The first-order valence-electron chi connectivity index (χ1n) is 7.39. The first-order chi connectivity index (χ1) is 11.3. The highest BCUT2D eigenvalue weighted by molar-refractivity contribution is 5.73. The molecule has 24 heavy (non-hydrogen) atoms. The molecule has 0 bridgehead atoms. The number of nitrogens with one attached hydrogen (secondary N) is 1. The lowest BCUT2D eigenvalue weighted by Gasteiger charge is -2.43. The fourth-order valence-electron chi connectivity index (χ4n) is 2.35. The van der Waals surface area contributed by atoms with Gasteiger partial charge < -0.3 is 50.5 Å². The van der Waals surface area contributed by atoms with Crippen LogP contribution in [0.1, 0.15) is 6.92 Å². The standard InChI is InChI=1S/C13H25NO10/c1-5(18)14-9-12(22)11(21)8(4-17)24-13(9)23-7(3-16)10(20)6(19)2-15/h6-13,15-17,19-22H,2-4H2,1H3,(H,14,18). The number of carbonyl (C=O) groups is 1. The molecule has 8 atom stereocenters. The lowest BCUT2D eigenvalue weighted by atomic mass is 9.96. The molecule has 8 unspecified atom stereocenters. The van der Waals surface area contributed by atoms with E-state index in [1.54, 1.807) is 0 Å². The Kier molecular flexibility index (Phi) is 8.42.